The van der Waals surface area contributed by atoms with Crippen LogP contribution in [0.1, 0.15) is 19.3 Å². The molecule has 3 rings (SSSR count). The number of nitrogens with zero attached hydrogens (tertiary/aromatic N) is 3. The molecule has 1 aliphatic carbocycles. The fourth-order valence-corrected chi connectivity index (χ4v) is 4.19. The summed E-state index contributed by atoms with van der Waals surface area (Å²) < 4.78 is 37.3. The number of anilines is 2. The maximum Gasteiger partial charge on any atom is 0.254 e. The van der Waals surface area contributed by atoms with Crippen molar-refractivity contribution in [2.24, 2.45) is 11.0 Å². The molecule has 1 unspecified atom stereocenters. The molecule has 10 heteroatoms. The van der Waals surface area contributed by atoms with Gasteiger partial charge in [0, 0.05) is 14.2 Å². The lowest BCUT2D eigenvalue weighted by Gasteiger charge is -2.16. The molecule has 1 atom stereocenters. The van der Waals surface area contributed by atoms with Crippen LogP contribution < -0.4 is 9.73 Å². The second kappa shape index (κ2) is 7.68. The highest BCUT2D eigenvalue weighted by molar-refractivity contribution is 7.92. The number of sulfonamides is 1. The maximum atomic E-state index is 12.3. The van der Waals surface area contributed by atoms with Gasteiger partial charge in [-0.3, -0.25) is 9.52 Å². The summed E-state index contributed by atoms with van der Waals surface area (Å²) in [6.07, 6.45) is 3.25. The van der Waals surface area contributed by atoms with E-state index in [0.29, 0.717) is 23.1 Å². The van der Waals surface area contributed by atoms with Gasteiger partial charge in [-0.15, -0.1) is 0 Å². The monoisotopic (exact) mass is 382 g/mol. The van der Waals surface area contributed by atoms with Crippen molar-refractivity contribution in [2.75, 3.05) is 36.3 Å². The van der Waals surface area contributed by atoms with Crippen LogP contribution in [0.2, 0.25) is 0 Å². The Morgan fingerprint density at radius 1 is 1.35 bits per heavy atom. The standard InChI is InChI=1S/C16H22N4O5S/c1-24-9-13-7-16(21)20(18-13)15-6-5-12(8-17-15)19-26(22,23)10-14(25-2)11-3-4-11/h5-6,8,11,14,19H,3-4,7,9-10H2,1-2H3. The van der Waals surface area contributed by atoms with Crippen LogP contribution in [0.4, 0.5) is 11.5 Å². The van der Waals surface area contributed by atoms with Gasteiger partial charge in [0.15, 0.2) is 5.82 Å². The number of carbonyl (C=O) groups excluding carboxylic acids is 1. The first kappa shape index (κ1) is 18.7. The Bertz CT molecular complexity index is 789. The molecule has 1 aliphatic heterocycles. The van der Waals surface area contributed by atoms with E-state index < -0.39 is 10.0 Å². The molecule has 1 aromatic heterocycles. The summed E-state index contributed by atoms with van der Waals surface area (Å²) in [7, 11) is -0.487. The molecule has 2 heterocycles. The number of carbonyl (C=O) groups is 1. The average molecular weight is 382 g/mol. The van der Waals surface area contributed by atoms with E-state index >= 15 is 0 Å². The molecule has 0 saturated heterocycles. The van der Waals surface area contributed by atoms with E-state index in [9.17, 15) is 13.2 Å². The van der Waals surface area contributed by atoms with Crippen LogP contribution in [0.3, 0.4) is 0 Å². The summed E-state index contributed by atoms with van der Waals surface area (Å²) in [5.41, 5.74) is 0.946. The van der Waals surface area contributed by atoms with Crippen molar-refractivity contribution in [1.29, 1.82) is 0 Å². The molecule has 0 spiro atoms. The molecule has 2 aliphatic rings. The minimum atomic E-state index is -3.55. The van der Waals surface area contributed by atoms with E-state index in [1.165, 1.54) is 25.4 Å². The first-order valence-corrected chi connectivity index (χ1v) is 9.94. The smallest absolute Gasteiger partial charge is 0.254 e. The van der Waals surface area contributed by atoms with E-state index in [1.54, 1.807) is 12.1 Å². The molecule has 1 saturated carbocycles. The van der Waals surface area contributed by atoms with Crippen molar-refractivity contribution < 1.29 is 22.7 Å². The lowest BCUT2D eigenvalue weighted by molar-refractivity contribution is -0.117. The van der Waals surface area contributed by atoms with Crippen LogP contribution in [0.25, 0.3) is 0 Å². The van der Waals surface area contributed by atoms with Gasteiger partial charge in [-0.2, -0.15) is 10.1 Å². The van der Waals surface area contributed by atoms with E-state index in [4.69, 9.17) is 9.47 Å². The van der Waals surface area contributed by atoms with Gasteiger partial charge >= 0.3 is 0 Å². The molecule has 1 fully saturated rings. The highest BCUT2D eigenvalue weighted by Gasteiger charge is 2.34. The largest absolute Gasteiger partial charge is 0.380 e. The fourth-order valence-electron chi connectivity index (χ4n) is 2.78. The van der Waals surface area contributed by atoms with Gasteiger partial charge in [0.2, 0.25) is 10.0 Å². The van der Waals surface area contributed by atoms with Crippen LogP contribution in [0, 0.1) is 5.92 Å². The average Bonchev–Trinajstić information content (AvgIpc) is 3.37. The van der Waals surface area contributed by atoms with Crippen molar-refractivity contribution in [3.8, 4) is 0 Å². The van der Waals surface area contributed by atoms with E-state index in [1.807, 2.05) is 0 Å². The number of hydrogen-bond acceptors (Lipinski definition) is 7. The van der Waals surface area contributed by atoms with Crippen LogP contribution in [0.5, 0.6) is 0 Å². The molecule has 1 N–H and O–H groups in total. The predicted octanol–water partition coefficient (Wildman–Crippen LogP) is 0.987. The van der Waals surface area contributed by atoms with E-state index in [2.05, 4.69) is 14.8 Å². The molecule has 0 radical (unpaired) electrons. The lowest BCUT2D eigenvalue weighted by Crippen LogP contribution is -2.29. The third kappa shape index (κ3) is 4.57. The van der Waals surface area contributed by atoms with Crippen LogP contribution >= 0.6 is 0 Å². The van der Waals surface area contributed by atoms with Crippen LogP contribution in [-0.4, -0.2) is 57.7 Å². The van der Waals surface area contributed by atoms with Gasteiger partial charge in [-0.25, -0.2) is 13.4 Å². The Hall–Kier alpha value is -2.04. The van der Waals surface area contributed by atoms with Gasteiger partial charge in [-0.05, 0) is 30.9 Å². The summed E-state index contributed by atoms with van der Waals surface area (Å²) in [4.78, 5) is 16.1. The third-order valence-electron chi connectivity index (χ3n) is 4.22. The number of nitrogens with one attached hydrogen (secondary N) is 1. The Morgan fingerprint density at radius 2 is 2.12 bits per heavy atom. The first-order valence-electron chi connectivity index (χ1n) is 8.29. The fraction of sp³-hybridized carbons (Fsp3) is 0.562. The molecule has 1 amide bonds. The normalized spacial score (nSPS) is 18.8. The van der Waals surface area contributed by atoms with Crippen LogP contribution in [-0.2, 0) is 24.3 Å². The topological polar surface area (TPSA) is 110 Å². The highest BCUT2D eigenvalue weighted by Crippen LogP contribution is 2.34. The second-order valence-corrected chi connectivity index (χ2v) is 8.15. The van der Waals surface area contributed by atoms with E-state index in [-0.39, 0.29) is 30.8 Å². The quantitative estimate of drug-likeness (QED) is 0.682. The summed E-state index contributed by atoms with van der Waals surface area (Å²) in [6.45, 7) is 0.280. The zero-order valence-electron chi connectivity index (χ0n) is 14.7. The number of rotatable bonds is 9. The zero-order valence-corrected chi connectivity index (χ0v) is 15.5. The first-order chi connectivity index (χ1) is 12.4. The molecule has 142 valence electrons. The Balaban J connectivity index is 1.65. The number of hydrogen-bond donors (Lipinski definition) is 1. The van der Waals surface area contributed by atoms with Gasteiger partial charge in [0.25, 0.3) is 5.91 Å². The van der Waals surface area contributed by atoms with Crippen molar-refractivity contribution in [3.05, 3.63) is 18.3 Å². The molecule has 9 nitrogen and oxygen atoms in total. The number of hydrazone groups is 1. The molecular weight excluding hydrogens is 360 g/mol. The van der Waals surface area contributed by atoms with Crippen molar-refractivity contribution in [3.63, 3.8) is 0 Å². The highest BCUT2D eigenvalue weighted by atomic mass is 32.2. The van der Waals surface area contributed by atoms with Gasteiger partial charge in [0.05, 0.1) is 42.5 Å². The van der Waals surface area contributed by atoms with E-state index in [0.717, 1.165) is 12.8 Å². The van der Waals surface area contributed by atoms with Crippen molar-refractivity contribution >= 4 is 33.1 Å². The number of ether oxygens (including phenoxy) is 2. The summed E-state index contributed by atoms with van der Waals surface area (Å²) in [5.74, 6) is 0.352. The second-order valence-electron chi connectivity index (χ2n) is 6.38. The van der Waals surface area contributed by atoms with Gasteiger partial charge in [-0.1, -0.05) is 0 Å². The predicted molar refractivity (Wildman–Crippen MR) is 96.6 cm³/mol. The minimum absolute atomic E-state index is 0.0921. The summed E-state index contributed by atoms with van der Waals surface area (Å²) in [6, 6.07) is 3.10. The number of pyridine rings is 1. The molecule has 0 aromatic carbocycles. The van der Waals surface area contributed by atoms with Crippen molar-refractivity contribution in [1.82, 2.24) is 4.98 Å². The Kier molecular flexibility index (Phi) is 5.54. The number of amides is 1. The molecule has 0 bridgehead atoms. The number of methoxy groups -OCH3 is 2. The van der Waals surface area contributed by atoms with Gasteiger partial charge in [0.1, 0.15) is 0 Å². The Morgan fingerprint density at radius 3 is 2.69 bits per heavy atom. The number of aromatic nitrogens is 1. The van der Waals surface area contributed by atoms with Gasteiger partial charge < -0.3 is 9.47 Å². The maximum absolute atomic E-state index is 12.3. The lowest BCUT2D eigenvalue weighted by atomic mass is 10.3. The minimum Gasteiger partial charge on any atom is -0.380 e. The molecule has 26 heavy (non-hydrogen) atoms. The summed E-state index contributed by atoms with van der Waals surface area (Å²) in [5, 5.41) is 5.36. The Labute approximate surface area is 152 Å². The van der Waals surface area contributed by atoms with Crippen LogP contribution in [0.15, 0.2) is 23.4 Å². The molecule has 1 aromatic rings. The third-order valence-corrected chi connectivity index (χ3v) is 5.53. The zero-order chi connectivity index (χ0) is 18.7. The SMILES string of the molecule is COCC1=NN(c2ccc(NS(=O)(=O)CC(OC)C3CC3)cn2)C(=O)C1. The molecular formula is C16H22N4O5S. The summed E-state index contributed by atoms with van der Waals surface area (Å²) >= 11 is 0. The van der Waals surface area contributed by atoms with Crippen molar-refractivity contribution in [2.45, 2.75) is 25.4 Å².